The van der Waals surface area contributed by atoms with Crippen LogP contribution in [0, 0.1) is 6.92 Å². The first-order chi connectivity index (χ1) is 13.1. The summed E-state index contributed by atoms with van der Waals surface area (Å²) >= 11 is 0. The molecule has 1 aromatic carbocycles. The average Bonchev–Trinajstić information content (AvgIpc) is 2.67. The number of alkyl halides is 3. The van der Waals surface area contributed by atoms with Crippen LogP contribution in [0.4, 0.5) is 19.0 Å². The van der Waals surface area contributed by atoms with Gasteiger partial charge in [0.15, 0.2) is 0 Å². The zero-order valence-corrected chi connectivity index (χ0v) is 16.1. The number of sulfonamides is 1. The summed E-state index contributed by atoms with van der Waals surface area (Å²) in [5.74, 6) is 1.54. The van der Waals surface area contributed by atoms with Crippen molar-refractivity contribution >= 4 is 15.8 Å². The Hall–Kier alpha value is -2.40. The number of aryl methyl sites for hydroxylation is 1. The fourth-order valence-electron chi connectivity index (χ4n) is 2.93. The lowest BCUT2D eigenvalue weighted by Gasteiger charge is -2.34. The van der Waals surface area contributed by atoms with Gasteiger partial charge in [0.2, 0.25) is 15.9 Å². The van der Waals surface area contributed by atoms with Gasteiger partial charge in [0.25, 0.3) is 0 Å². The minimum atomic E-state index is -4.60. The van der Waals surface area contributed by atoms with Gasteiger partial charge in [0.1, 0.15) is 11.6 Å². The van der Waals surface area contributed by atoms with Gasteiger partial charge >= 0.3 is 6.18 Å². The normalized spacial score (nSPS) is 16.2. The molecule has 0 amide bonds. The Morgan fingerprint density at radius 2 is 1.75 bits per heavy atom. The molecule has 0 unspecified atom stereocenters. The first kappa shape index (κ1) is 20.3. The van der Waals surface area contributed by atoms with Gasteiger partial charge in [-0.1, -0.05) is 6.07 Å². The molecule has 2 aromatic rings. The minimum Gasteiger partial charge on any atom is -0.481 e. The molecule has 11 heteroatoms. The number of anilines is 1. The fourth-order valence-corrected chi connectivity index (χ4v) is 4.40. The van der Waals surface area contributed by atoms with E-state index in [0.717, 1.165) is 12.1 Å². The smallest absolute Gasteiger partial charge is 0.416 e. The number of methoxy groups -OCH3 is 1. The number of halogens is 3. The molecule has 1 fully saturated rings. The van der Waals surface area contributed by atoms with E-state index in [0.29, 0.717) is 36.7 Å². The first-order valence-electron chi connectivity index (χ1n) is 8.43. The van der Waals surface area contributed by atoms with Gasteiger partial charge in [-0.2, -0.15) is 22.5 Å². The Morgan fingerprint density at radius 1 is 1.07 bits per heavy atom. The number of nitrogens with zero attached hydrogens (tertiary/aromatic N) is 4. The maximum atomic E-state index is 12.9. The van der Waals surface area contributed by atoms with E-state index >= 15 is 0 Å². The molecule has 152 valence electrons. The highest BCUT2D eigenvalue weighted by atomic mass is 32.2. The molecule has 7 nitrogen and oxygen atoms in total. The minimum absolute atomic E-state index is 0.129. The molecule has 2 heterocycles. The van der Waals surface area contributed by atoms with Gasteiger partial charge < -0.3 is 9.64 Å². The highest BCUT2D eigenvalue weighted by Crippen LogP contribution is 2.31. The van der Waals surface area contributed by atoms with E-state index in [1.165, 1.54) is 17.5 Å². The van der Waals surface area contributed by atoms with E-state index < -0.39 is 21.8 Å². The van der Waals surface area contributed by atoms with Crippen LogP contribution in [0.15, 0.2) is 35.2 Å². The zero-order valence-electron chi connectivity index (χ0n) is 15.3. The molecular weight excluding hydrogens is 397 g/mol. The quantitative estimate of drug-likeness (QED) is 0.762. The predicted octanol–water partition coefficient (Wildman–Crippen LogP) is 2.32. The Bertz CT molecular complexity index is 958. The summed E-state index contributed by atoms with van der Waals surface area (Å²) in [6, 6.07) is 5.45. The lowest BCUT2D eigenvalue weighted by atomic mass is 10.2. The van der Waals surface area contributed by atoms with E-state index in [2.05, 4.69) is 9.97 Å². The van der Waals surface area contributed by atoms with Crippen LogP contribution < -0.4 is 9.64 Å². The van der Waals surface area contributed by atoms with Crippen molar-refractivity contribution in [3.63, 3.8) is 0 Å². The SMILES string of the molecule is COc1cc(N2CCN(S(=O)(=O)c3cccc(C(F)(F)F)c3)CC2)nc(C)n1. The molecular formula is C17H19F3N4O3S. The molecule has 1 aromatic heterocycles. The van der Waals surface area contributed by atoms with Gasteiger partial charge in [-0.15, -0.1) is 0 Å². The summed E-state index contributed by atoms with van der Waals surface area (Å²) in [5.41, 5.74) is -0.990. The molecule has 0 bridgehead atoms. The second kappa shape index (κ2) is 7.55. The van der Waals surface area contributed by atoms with E-state index in [1.807, 2.05) is 4.90 Å². The number of aromatic nitrogens is 2. The molecule has 0 saturated carbocycles. The maximum Gasteiger partial charge on any atom is 0.416 e. The van der Waals surface area contributed by atoms with Crippen LogP contribution in [0.3, 0.4) is 0 Å². The molecule has 0 atom stereocenters. The zero-order chi connectivity index (χ0) is 20.5. The third-order valence-electron chi connectivity index (χ3n) is 4.37. The highest BCUT2D eigenvalue weighted by molar-refractivity contribution is 7.89. The Balaban J connectivity index is 1.76. The molecule has 28 heavy (non-hydrogen) atoms. The van der Waals surface area contributed by atoms with Crippen LogP contribution in [-0.4, -0.2) is 56.0 Å². The average molecular weight is 416 g/mol. The fraction of sp³-hybridized carbons (Fsp3) is 0.412. The largest absolute Gasteiger partial charge is 0.481 e. The predicted molar refractivity (Wildman–Crippen MR) is 95.7 cm³/mol. The molecule has 3 rings (SSSR count). The third-order valence-corrected chi connectivity index (χ3v) is 6.27. The number of benzene rings is 1. The number of hydrogen-bond donors (Lipinski definition) is 0. The van der Waals surface area contributed by atoms with Crippen molar-refractivity contribution in [2.75, 3.05) is 38.2 Å². The van der Waals surface area contributed by atoms with Crippen molar-refractivity contribution in [2.45, 2.75) is 18.0 Å². The third kappa shape index (κ3) is 4.20. The molecule has 0 aliphatic carbocycles. The topological polar surface area (TPSA) is 75.6 Å². The number of rotatable bonds is 4. The summed E-state index contributed by atoms with van der Waals surface area (Å²) in [6.07, 6.45) is -4.60. The summed E-state index contributed by atoms with van der Waals surface area (Å²) < 4.78 is 70.5. The van der Waals surface area contributed by atoms with Crippen LogP contribution in [0.1, 0.15) is 11.4 Å². The van der Waals surface area contributed by atoms with E-state index in [9.17, 15) is 21.6 Å². The van der Waals surface area contributed by atoms with Gasteiger partial charge in [-0.25, -0.2) is 13.4 Å². The molecule has 0 radical (unpaired) electrons. The standard InChI is InChI=1S/C17H19F3N4O3S/c1-12-21-15(11-16(22-12)27-2)23-6-8-24(9-7-23)28(25,26)14-5-3-4-13(10-14)17(18,19)20/h3-5,10-11H,6-9H2,1-2H3. The second-order valence-electron chi connectivity index (χ2n) is 6.23. The second-order valence-corrected chi connectivity index (χ2v) is 8.17. The molecule has 0 N–H and O–H groups in total. The molecule has 1 aliphatic rings. The Morgan fingerprint density at radius 3 is 2.36 bits per heavy atom. The Kier molecular flexibility index (Phi) is 5.48. The molecule has 1 saturated heterocycles. The van der Waals surface area contributed by atoms with E-state index in [-0.39, 0.29) is 18.0 Å². The maximum absolute atomic E-state index is 12.9. The van der Waals surface area contributed by atoms with Crippen molar-refractivity contribution in [1.82, 2.24) is 14.3 Å². The Labute approximate surface area is 160 Å². The number of ether oxygens (including phenoxy) is 1. The summed E-state index contributed by atoms with van der Waals surface area (Å²) in [7, 11) is -2.53. The van der Waals surface area contributed by atoms with Gasteiger partial charge in [-0.05, 0) is 25.1 Å². The molecule has 0 spiro atoms. The highest BCUT2D eigenvalue weighted by Gasteiger charge is 2.34. The lowest BCUT2D eigenvalue weighted by Crippen LogP contribution is -2.49. The monoisotopic (exact) mass is 416 g/mol. The van der Waals surface area contributed by atoms with Crippen LogP contribution in [0.2, 0.25) is 0 Å². The van der Waals surface area contributed by atoms with Crippen molar-refractivity contribution in [1.29, 1.82) is 0 Å². The molecule has 1 aliphatic heterocycles. The summed E-state index contributed by atoms with van der Waals surface area (Å²) in [4.78, 5) is 9.96. The van der Waals surface area contributed by atoms with Crippen molar-refractivity contribution in [3.8, 4) is 5.88 Å². The summed E-state index contributed by atoms with van der Waals surface area (Å²) in [6.45, 7) is 2.67. The van der Waals surface area contributed by atoms with Crippen molar-refractivity contribution in [3.05, 3.63) is 41.7 Å². The van der Waals surface area contributed by atoms with Gasteiger partial charge in [0.05, 0.1) is 17.6 Å². The van der Waals surface area contributed by atoms with Crippen LogP contribution >= 0.6 is 0 Å². The lowest BCUT2D eigenvalue weighted by molar-refractivity contribution is -0.137. The summed E-state index contributed by atoms with van der Waals surface area (Å²) in [5, 5.41) is 0. The number of hydrogen-bond acceptors (Lipinski definition) is 6. The van der Waals surface area contributed by atoms with Crippen LogP contribution in [-0.2, 0) is 16.2 Å². The van der Waals surface area contributed by atoms with Crippen molar-refractivity contribution < 1.29 is 26.3 Å². The number of piperazine rings is 1. The first-order valence-corrected chi connectivity index (χ1v) is 9.87. The van der Waals surface area contributed by atoms with E-state index in [4.69, 9.17) is 4.74 Å². The van der Waals surface area contributed by atoms with Crippen molar-refractivity contribution in [2.24, 2.45) is 0 Å². The van der Waals surface area contributed by atoms with Crippen LogP contribution in [0.25, 0.3) is 0 Å². The van der Waals surface area contributed by atoms with Gasteiger partial charge in [0, 0.05) is 32.2 Å². The van der Waals surface area contributed by atoms with E-state index in [1.54, 1.807) is 13.0 Å². The van der Waals surface area contributed by atoms with Gasteiger partial charge in [-0.3, -0.25) is 0 Å². The van der Waals surface area contributed by atoms with Crippen LogP contribution in [0.5, 0.6) is 5.88 Å².